The van der Waals surface area contributed by atoms with Gasteiger partial charge in [-0.1, -0.05) is 6.92 Å². The van der Waals surface area contributed by atoms with Crippen LogP contribution in [0.3, 0.4) is 0 Å². The van der Waals surface area contributed by atoms with Crippen LogP contribution in [0.25, 0.3) is 10.9 Å². The van der Waals surface area contributed by atoms with Gasteiger partial charge in [0.05, 0.1) is 17.3 Å². The Morgan fingerprint density at radius 1 is 1.42 bits per heavy atom. The van der Waals surface area contributed by atoms with Gasteiger partial charge in [-0.05, 0) is 37.8 Å². The van der Waals surface area contributed by atoms with Gasteiger partial charge in [0.2, 0.25) is 5.43 Å². The molecule has 1 aromatic carbocycles. The first-order valence-electron chi connectivity index (χ1n) is 10.8. The highest BCUT2D eigenvalue weighted by molar-refractivity contribution is 5.95. The molecule has 2 N–H and O–H groups in total. The number of nitriles is 1. The van der Waals surface area contributed by atoms with E-state index in [0.717, 1.165) is 25.8 Å². The molecule has 0 atom stereocenters. The number of carbonyl (C=O) groups is 1. The molecular weight excluding hydrogens is 399 g/mol. The molecule has 164 valence electrons. The van der Waals surface area contributed by atoms with Crippen molar-refractivity contribution in [1.29, 1.82) is 5.26 Å². The molecule has 4 rings (SSSR count). The minimum atomic E-state index is -1.29. The maximum Gasteiger partial charge on any atom is 0.341 e. The van der Waals surface area contributed by atoms with Gasteiger partial charge in [0.1, 0.15) is 11.4 Å². The number of aromatic carboxylic acids is 1. The van der Waals surface area contributed by atoms with E-state index < -0.39 is 17.2 Å². The average molecular weight is 426 g/mol. The molecule has 1 saturated heterocycles. The molecule has 7 nitrogen and oxygen atoms in total. The molecule has 2 aromatic rings. The molecule has 1 aliphatic carbocycles. The monoisotopic (exact) mass is 426 g/mol. The lowest BCUT2D eigenvalue weighted by Gasteiger charge is -2.52. The Kier molecular flexibility index (Phi) is 5.48. The van der Waals surface area contributed by atoms with Gasteiger partial charge in [0, 0.05) is 55.6 Å². The predicted molar refractivity (Wildman–Crippen MR) is 116 cm³/mol. The van der Waals surface area contributed by atoms with Crippen molar-refractivity contribution in [2.75, 3.05) is 31.1 Å². The molecule has 0 spiro atoms. The standard InChI is InChI=1S/C23H27FN4O3/c1-3-23(11-26-8-4-7-25)12-27(13-23)20-14(2)19-16(9-18(20)24)21(29)17(22(30)31)10-28(19)15-5-6-15/h9-10,15,26H,3-6,8,11-13H2,1-2H3,(H,30,31). The maximum absolute atomic E-state index is 15.2. The van der Waals surface area contributed by atoms with Crippen LogP contribution in [-0.2, 0) is 0 Å². The first kappa shape index (κ1) is 21.3. The number of hydrogen-bond acceptors (Lipinski definition) is 5. The lowest BCUT2D eigenvalue weighted by Crippen LogP contribution is -2.60. The Morgan fingerprint density at radius 2 is 2.13 bits per heavy atom. The van der Waals surface area contributed by atoms with Crippen LogP contribution >= 0.6 is 0 Å². The quantitative estimate of drug-likeness (QED) is 0.629. The number of carboxylic acid groups (broad SMARTS) is 1. The van der Waals surface area contributed by atoms with Crippen LogP contribution in [0.4, 0.5) is 10.1 Å². The van der Waals surface area contributed by atoms with Gasteiger partial charge in [0.15, 0.2) is 0 Å². The van der Waals surface area contributed by atoms with Crippen molar-refractivity contribution in [2.45, 2.75) is 45.6 Å². The van der Waals surface area contributed by atoms with Crippen LogP contribution in [-0.4, -0.2) is 41.8 Å². The number of aryl methyl sites for hydroxylation is 1. The van der Waals surface area contributed by atoms with Gasteiger partial charge in [-0.3, -0.25) is 4.79 Å². The van der Waals surface area contributed by atoms with Crippen LogP contribution in [0.15, 0.2) is 17.1 Å². The van der Waals surface area contributed by atoms with E-state index in [0.29, 0.717) is 42.8 Å². The summed E-state index contributed by atoms with van der Waals surface area (Å²) in [5, 5.41) is 21.6. The molecule has 31 heavy (non-hydrogen) atoms. The van der Waals surface area contributed by atoms with Gasteiger partial charge in [-0.15, -0.1) is 0 Å². The normalized spacial score (nSPS) is 17.4. The van der Waals surface area contributed by atoms with Gasteiger partial charge in [-0.2, -0.15) is 5.26 Å². The Labute approximate surface area is 180 Å². The number of nitrogens with one attached hydrogen (secondary N) is 1. The van der Waals surface area contributed by atoms with Crippen molar-refractivity contribution in [2.24, 2.45) is 5.41 Å². The van der Waals surface area contributed by atoms with E-state index in [1.807, 2.05) is 16.4 Å². The smallest absolute Gasteiger partial charge is 0.341 e. The van der Waals surface area contributed by atoms with Crippen LogP contribution in [0.1, 0.15) is 54.6 Å². The molecule has 0 amide bonds. The zero-order chi connectivity index (χ0) is 22.3. The summed E-state index contributed by atoms with van der Waals surface area (Å²) in [6.45, 7) is 6.72. The second kappa shape index (κ2) is 7.97. The van der Waals surface area contributed by atoms with Crippen LogP contribution in [0.2, 0.25) is 0 Å². The molecule has 0 unspecified atom stereocenters. The number of carboxylic acids is 1. The van der Waals surface area contributed by atoms with E-state index in [1.54, 1.807) is 0 Å². The largest absolute Gasteiger partial charge is 0.477 e. The first-order chi connectivity index (χ1) is 14.8. The number of fused-ring (bicyclic) bond motifs is 1. The van der Waals surface area contributed by atoms with Gasteiger partial charge >= 0.3 is 5.97 Å². The summed E-state index contributed by atoms with van der Waals surface area (Å²) in [5.74, 6) is -1.78. The fraction of sp³-hybridized carbons (Fsp3) is 0.522. The second-order valence-electron chi connectivity index (χ2n) is 8.84. The fourth-order valence-electron chi connectivity index (χ4n) is 4.73. The summed E-state index contributed by atoms with van der Waals surface area (Å²) in [7, 11) is 0. The number of benzene rings is 1. The highest BCUT2D eigenvalue weighted by Crippen LogP contribution is 2.43. The zero-order valence-electron chi connectivity index (χ0n) is 17.9. The van der Waals surface area contributed by atoms with Gasteiger partial charge in [-0.25, -0.2) is 9.18 Å². The summed E-state index contributed by atoms with van der Waals surface area (Å²) in [6, 6.07) is 3.48. The number of hydrogen-bond donors (Lipinski definition) is 2. The topological polar surface area (TPSA) is 98.4 Å². The Hall–Kier alpha value is -2.92. The van der Waals surface area contributed by atoms with Gasteiger partial charge in [0.25, 0.3) is 0 Å². The second-order valence-corrected chi connectivity index (χ2v) is 8.84. The van der Waals surface area contributed by atoms with Crippen molar-refractivity contribution in [3.63, 3.8) is 0 Å². The third kappa shape index (κ3) is 3.68. The minimum absolute atomic E-state index is 0.0205. The van der Waals surface area contributed by atoms with Crippen LogP contribution in [0, 0.1) is 29.5 Å². The third-order valence-corrected chi connectivity index (χ3v) is 6.68. The number of rotatable bonds is 8. The molecule has 0 radical (unpaired) electrons. The maximum atomic E-state index is 15.2. The Morgan fingerprint density at radius 3 is 2.71 bits per heavy atom. The summed E-state index contributed by atoms with van der Waals surface area (Å²) < 4.78 is 17.1. The minimum Gasteiger partial charge on any atom is -0.477 e. The molecule has 1 aromatic heterocycles. The molecule has 0 bridgehead atoms. The van der Waals surface area contributed by atoms with Crippen molar-refractivity contribution in [3.8, 4) is 6.07 Å². The number of anilines is 1. The molecular formula is C23H27FN4O3. The SMILES string of the molecule is CCC1(CNCCC#N)CN(c2c(F)cc3c(=O)c(C(=O)O)cn(C4CC4)c3c2C)C1. The third-order valence-electron chi connectivity index (χ3n) is 6.68. The number of aromatic nitrogens is 1. The molecule has 2 aliphatic rings. The first-order valence-corrected chi connectivity index (χ1v) is 10.8. The van der Waals surface area contributed by atoms with Crippen LogP contribution < -0.4 is 15.6 Å². The number of halogens is 1. The number of nitrogens with zero attached hydrogens (tertiary/aromatic N) is 3. The fourth-order valence-corrected chi connectivity index (χ4v) is 4.73. The van der Waals surface area contributed by atoms with Crippen molar-refractivity contribution < 1.29 is 14.3 Å². The molecule has 1 saturated carbocycles. The average Bonchev–Trinajstić information content (AvgIpc) is 3.54. The summed E-state index contributed by atoms with van der Waals surface area (Å²) in [4.78, 5) is 26.3. The Balaban J connectivity index is 1.71. The molecule has 2 heterocycles. The summed E-state index contributed by atoms with van der Waals surface area (Å²) in [5.41, 5.74) is 0.871. The lowest BCUT2D eigenvalue weighted by atomic mass is 9.76. The van der Waals surface area contributed by atoms with E-state index in [9.17, 15) is 14.7 Å². The van der Waals surface area contributed by atoms with Crippen molar-refractivity contribution in [3.05, 3.63) is 39.4 Å². The van der Waals surface area contributed by atoms with Crippen molar-refractivity contribution in [1.82, 2.24) is 9.88 Å². The van der Waals surface area contributed by atoms with E-state index in [1.165, 1.54) is 12.3 Å². The van der Waals surface area contributed by atoms with Crippen molar-refractivity contribution >= 4 is 22.6 Å². The Bertz CT molecular complexity index is 1140. The van der Waals surface area contributed by atoms with E-state index >= 15 is 4.39 Å². The predicted octanol–water partition coefficient (Wildman–Crippen LogP) is 3.20. The lowest BCUT2D eigenvalue weighted by molar-refractivity contribution is 0.0695. The van der Waals surface area contributed by atoms with Crippen LogP contribution in [0.5, 0.6) is 0 Å². The zero-order valence-corrected chi connectivity index (χ0v) is 17.9. The highest BCUT2D eigenvalue weighted by atomic mass is 19.1. The number of pyridine rings is 1. The molecule has 8 heteroatoms. The van der Waals surface area contributed by atoms with Gasteiger partial charge < -0.3 is 19.9 Å². The molecule has 2 fully saturated rings. The molecule has 1 aliphatic heterocycles. The van der Waals surface area contributed by atoms with E-state index in [-0.39, 0.29) is 22.4 Å². The highest BCUT2D eigenvalue weighted by Gasteiger charge is 2.43. The summed E-state index contributed by atoms with van der Waals surface area (Å²) >= 11 is 0. The summed E-state index contributed by atoms with van der Waals surface area (Å²) in [6.07, 6.45) is 4.65. The van der Waals surface area contributed by atoms with E-state index in [4.69, 9.17) is 5.26 Å². The van der Waals surface area contributed by atoms with E-state index in [2.05, 4.69) is 18.3 Å².